The van der Waals surface area contributed by atoms with E-state index in [1.165, 1.54) is 31.5 Å². The zero-order chi connectivity index (χ0) is 14.6. The largest absolute Gasteiger partial charge is 0.311 e. The first-order valence-corrected chi connectivity index (χ1v) is 7.98. The molecule has 1 fully saturated rings. The summed E-state index contributed by atoms with van der Waals surface area (Å²) in [5, 5.41) is 3.71. The van der Waals surface area contributed by atoms with E-state index in [4.69, 9.17) is 0 Å². The monoisotopic (exact) mass is 274 g/mol. The van der Waals surface area contributed by atoms with Gasteiger partial charge in [-0.3, -0.25) is 4.90 Å². The van der Waals surface area contributed by atoms with Crippen molar-refractivity contribution in [1.82, 2.24) is 10.2 Å². The summed E-state index contributed by atoms with van der Waals surface area (Å²) in [4.78, 5) is 2.66. The SMILES string of the molecule is CC1CNC(C(C)(C)C)CN1CCCc1ccccc1. The summed E-state index contributed by atoms with van der Waals surface area (Å²) in [5.74, 6) is 0. The maximum absolute atomic E-state index is 3.71. The highest BCUT2D eigenvalue weighted by molar-refractivity contribution is 5.14. The Hall–Kier alpha value is -0.860. The summed E-state index contributed by atoms with van der Waals surface area (Å²) >= 11 is 0. The van der Waals surface area contributed by atoms with Gasteiger partial charge in [-0.1, -0.05) is 51.1 Å². The van der Waals surface area contributed by atoms with E-state index in [-0.39, 0.29) is 0 Å². The van der Waals surface area contributed by atoms with Crippen LogP contribution in [0, 0.1) is 5.41 Å². The van der Waals surface area contributed by atoms with E-state index >= 15 is 0 Å². The first-order valence-electron chi connectivity index (χ1n) is 7.98. The smallest absolute Gasteiger partial charge is 0.0244 e. The minimum atomic E-state index is 0.345. The van der Waals surface area contributed by atoms with E-state index in [2.05, 4.69) is 68.2 Å². The lowest BCUT2D eigenvalue weighted by atomic mass is 9.84. The average Bonchev–Trinajstić information content (AvgIpc) is 2.41. The predicted octanol–water partition coefficient (Wildman–Crippen LogP) is 3.33. The van der Waals surface area contributed by atoms with Gasteiger partial charge in [-0.2, -0.15) is 0 Å². The van der Waals surface area contributed by atoms with E-state index in [9.17, 15) is 0 Å². The van der Waals surface area contributed by atoms with Gasteiger partial charge in [0, 0.05) is 25.2 Å². The number of piperazine rings is 1. The Kier molecular flexibility index (Phi) is 5.22. The van der Waals surface area contributed by atoms with E-state index in [1.54, 1.807) is 0 Å². The van der Waals surface area contributed by atoms with Crippen LogP contribution in [-0.2, 0) is 6.42 Å². The lowest BCUT2D eigenvalue weighted by molar-refractivity contribution is 0.0928. The van der Waals surface area contributed by atoms with E-state index in [1.807, 2.05) is 0 Å². The standard InChI is InChI=1S/C18H30N2/c1-15-13-19-17(18(2,3)4)14-20(15)12-8-11-16-9-6-5-7-10-16/h5-7,9-10,15,17,19H,8,11-14H2,1-4H3. The fraction of sp³-hybridized carbons (Fsp3) is 0.667. The molecule has 0 spiro atoms. The summed E-state index contributed by atoms with van der Waals surface area (Å²) in [6.45, 7) is 12.9. The molecule has 0 amide bonds. The molecule has 1 N–H and O–H groups in total. The van der Waals surface area contributed by atoms with Gasteiger partial charge in [0.1, 0.15) is 0 Å². The predicted molar refractivity (Wildman–Crippen MR) is 87.0 cm³/mol. The van der Waals surface area contributed by atoms with Crippen LogP contribution < -0.4 is 5.32 Å². The van der Waals surface area contributed by atoms with E-state index in [0.717, 1.165) is 6.54 Å². The van der Waals surface area contributed by atoms with Gasteiger partial charge in [0.25, 0.3) is 0 Å². The van der Waals surface area contributed by atoms with Gasteiger partial charge in [-0.25, -0.2) is 0 Å². The molecule has 1 aliphatic heterocycles. The zero-order valence-corrected chi connectivity index (χ0v) is 13.5. The normalized spacial score (nSPS) is 24.8. The van der Waals surface area contributed by atoms with Crippen molar-refractivity contribution in [2.45, 2.75) is 52.6 Å². The van der Waals surface area contributed by atoms with Crippen LogP contribution in [0.3, 0.4) is 0 Å². The second-order valence-electron chi connectivity index (χ2n) is 7.26. The second kappa shape index (κ2) is 6.73. The number of nitrogens with one attached hydrogen (secondary N) is 1. The van der Waals surface area contributed by atoms with Gasteiger partial charge < -0.3 is 5.32 Å². The Balaban J connectivity index is 1.81. The topological polar surface area (TPSA) is 15.3 Å². The van der Waals surface area contributed by atoms with E-state index in [0.29, 0.717) is 17.5 Å². The molecule has 2 atom stereocenters. The minimum Gasteiger partial charge on any atom is -0.311 e. The van der Waals surface area contributed by atoms with Crippen molar-refractivity contribution in [2.75, 3.05) is 19.6 Å². The number of benzene rings is 1. The molecule has 1 aromatic carbocycles. The molecule has 0 bridgehead atoms. The number of rotatable bonds is 4. The summed E-state index contributed by atoms with van der Waals surface area (Å²) in [6.07, 6.45) is 2.45. The van der Waals surface area contributed by atoms with Gasteiger partial charge in [-0.05, 0) is 37.3 Å². The number of hydrogen-bond donors (Lipinski definition) is 1. The van der Waals surface area contributed by atoms with Crippen LogP contribution in [0.15, 0.2) is 30.3 Å². The molecule has 112 valence electrons. The molecule has 2 nitrogen and oxygen atoms in total. The summed E-state index contributed by atoms with van der Waals surface area (Å²) in [7, 11) is 0. The van der Waals surface area contributed by atoms with Crippen molar-refractivity contribution in [1.29, 1.82) is 0 Å². The molecule has 20 heavy (non-hydrogen) atoms. The Morgan fingerprint density at radius 2 is 1.90 bits per heavy atom. The highest BCUT2D eigenvalue weighted by atomic mass is 15.2. The van der Waals surface area contributed by atoms with Crippen molar-refractivity contribution in [3.63, 3.8) is 0 Å². The van der Waals surface area contributed by atoms with Crippen molar-refractivity contribution in [3.8, 4) is 0 Å². The minimum absolute atomic E-state index is 0.345. The molecular weight excluding hydrogens is 244 g/mol. The van der Waals surface area contributed by atoms with Crippen LogP contribution in [0.25, 0.3) is 0 Å². The highest BCUT2D eigenvalue weighted by Crippen LogP contribution is 2.23. The van der Waals surface area contributed by atoms with Crippen molar-refractivity contribution in [3.05, 3.63) is 35.9 Å². The number of hydrogen-bond acceptors (Lipinski definition) is 2. The first-order chi connectivity index (χ1) is 9.47. The third-order valence-electron chi connectivity index (χ3n) is 4.50. The average molecular weight is 274 g/mol. The molecule has 0 radical (unpaired) electrons. The van der Waals surface area contributed by atoms with Gasteiger partial charge >= 0.3 is 0 Å². The summed E-state index contributed by atoms with van der Waals surface area (Å²) in [6, 6.07) is 12.1. The molecule has 0 saturated carbocycles. The molecule has 1 aliphatic rings. The van der Waals surface area contributed by atoms with Crippen LogP contribution in [0.1, 0.15) is 39.7 Å². The Morgan fingerprint density at radius 3 is 2.55 bits per heavy atom. The lowest BCUT2D eigenvalue weighted by Gasteiger charge is -2.44. The Labute approximate surface area is 124 Å². The van der Waals surface area contributed by atoms with Crippen molar-refractivity contribution < 1.29 is 0 Å². The maximum atomic E-state index is 3.71. The van der Waals surface area contributed by atoms with Crippen LogP contribution >= 0.6 is 0 Å². The van der Waals surface area contributed by atoms with Gasteiger partial charge in [0.05, 0.1) is 0 Å². The zero-order valence-electron chi connectivity index (χ0n) is 13.5. The van der Waals surface area contributed by atoms with Crippen LogP contribution in [0.4, 0.5) is 0 Å². The van der Waals surface area contributed by atoms with Crippen LogP contribution in [0.2, 0.25) is 0 Å². The number of nitrogens with zero attached hydrogens (tertiary/aromatic N) is 1. The molecule has 0 aliphatic carbocycles. The van der Waals surface area contributed by atoms with Gasteiger partial charge in [0.2, 0.25) is 0 Å². The number of aryl methyl sites for hydroxylation is 1. The molecular formula is C18H30N2. The quantitative estimate of drug-likeness (QED) is 0.906. The van der Waals surface area contributed by atoms with Crippen LogP contribution in [0.5, 0.6) is 0 Å². The third-order valence-corrected chi connectivity index (χ3v) is 4.50. The highest BCUT2D eigenvalue weighted by Gasteiger charge is 2.31. The van der Waals surface area contributed by atoms with Crippen molar-refractivity contribution >= 4 is 0 Å². The Morgan fingerprint density at radius 1 is 1.20 bits per heavy atom. The molecule has 1 heterocycles. The van der Waals surface area contributed by atoms with E-state index < -0.39 is 0 Å². The summed E-state index contributed by atoms with van der Waals surface area (Å²) < 4.78 is 0. The van der Waals surface area contributed by atoms with Gasteiger partial charge in [-0.15, -0.1) is 0 Å². The molecule has 1 saturated heterocycles. The Bertz CT molecular complexity index is 394. The summed E-state index contributed by atoms with van der Waals surface area (Å²) in [5.41, 5.74) is 1.81. The molecule has 1 aromatic rings. The molecule has 2 unspecified atom stereocenters. The lowest BCUT2D eigenvalue weighted by Crippen LogP contribution is -2.59. The molecule has 2 heteroatoms. The third kappa shape index (κ3) is 4.32. The fourth-order valence-corrected chi connectivity index (χ4v) is 2.94. The fourth-order valence-electron chi connectivity index (χ4n) is 2.94. The first kappa shape index (κ1) is 15.5. The molecule has 2 rings (SSSR count). The van der Waals surface area contributed by atoms with Gasteiger partial charge in [0.15, 0.2) is 0 Å². The van der Waals surface area contributed by atoms with Crippen molar-refractivity contribution in [2.24, 2.45) is 5.41 Å². The maximum Gasteiger partial charge on any atom is 0.0244 e. The second-order valence-corrected chi connectivity index (χ2v) is 7.26. The molecule has 0 aromatic heterocycles. The van der Waals surface area contributed by atoms with Crippen LogP contribution in [-0.4, -0.2) is 36.6 Å².